The molecule has 0 saturated heterocycles. The van der Waals surface area contributed by atoms with Crippen molar-refractivity contribution in [1.29, 1.82) is 0 Å². The normalized spacial score (nSPS) is 9.69. The van der Waals surface area contributed by atoms with Gasteiger partial charge in [0.15, 0.2) is 0 Å². The van der Waals surface area contributed by atoms with Crippen LogP contribution in [0.1, 0.15) is 0 Å². The molecule has 16 heavy (non-hydrogen) atoms. The molecule has 9 heteroatoms. The highest BCUT2D eigenvalue weighted by Crippen LogP contribution is 2.09. The molecule has 1 rings (SSSR count). The minimum absolute atomic E-state index is 0.0547. The lowest BCUT2D eigenvalue weighted by molar-refractivity contribution is -0.116. The van der Waals surface area contributed by atoms with Crippen LogP contribution in [0.25, 0.3) is 0 Å². The van der Waals surface area contributed by atoms with Crippen molar-refractivity contribution in [2.75, 3.05) is 36.3 Å². The first-order valence-corrected chi connectivity index (χ1v) is 4.45. The minimum Gasteiger partial charge on any atom is -0.368 e. The number of carbonyl (C=O) groups is 1. The van der Waals surface area contributed by atoms with Crippen LogP contribution >= 0.6 is 0 Å². The van der Waals surface area contributed by atoms with Crippen LogP contribution in [0.5, 0.6) is 0 Å². The van der Waals surface area contributed by atoms with Gasteiger partial charge in [0.05, 0.1) is 6.54 Å². The van der Waals surface area contributed by atoms with Gasteiger partial charge in [-0.05, 0) is 0 Å². The summed E-state index contributed by atoms with van der Waals surface area (Å²) in [5.74, 6) is 5.54. The molecule has 1 aromatic rings. The van der Waals surface area contributed by atoms with Crippen LogP contribution in [0.3, 0.4) is 0 Å². The Kier molecular flexibility index (Phi) is 3.78. The number of aromatic nitrogens is 3. The standard InChI is InChI=1S/C7H14N8O/c1-15(2)7-12-5(10-3-4(8)16)11-6(13-7)14-9/h3,9H2,1-2H3,(H2,8,16)(H2,10,11,12,13,14). The molecule has 1 amide bonds. The van der Waals surface area contributed by atoms with Crippen LogP contribution in [0.15, 0.2) is 0 Å². The number of anilines is 3. The van der Waals surface area contributed by atoms with Gasteiger partial charge in [0.1, 0.15) is 0 Å². The molecule has 0 aliphatic rings. The molecule has 6 N–H and O–H groups in total. The first-order chi connectivity index (χ1) is 7.52. The average molecular weight is 226 g/mol. The van der Waals surface area contributed by atoms with Gasteiger partial charge < -0.3 is 16.0 Å². The van der Waals surface area contributed by atoms with E-state index in [1.54, 1.807) is 19.0 Å². The van der Waals surface area contributed by atoms with Gasteiger partial charge in [-0.2, -0.15) is 15.0 Å². The molecular formula is C7H14N8O. The lowest BCUT2D eigenvalue weighted by Crippen LogP contribution is -2.24. The summed E-state index contributed by atoms with van der Waals surface area (Å²) in [7, 11) is 3.54. The topological polar surface area (TPSA) is 135 Å². The van der Waals surface area contributed by atoms with Crippen molar-refractivity contribution >= 4 is 23.8 Å². The number of amides is 1. The van der Waals surface area contributed by atoms with Crippen LogP contribution in [0.2, 0.25) is 0 Å². The third-order valence-electron chi connectivity index (χ3n) is 1.57. The Labute approximate surface area is 92.2 Å². The van der Waals surface area contributed by atoms with Crippen molar-refractivity contribution < 1.29 is 4.79 Å². The van der Waals surface area contributed by atoms with Gasteiger partial charge in [0.2, 0.25) is 23.8 Å². The lowest BCUT2D eigenvalue weighted by atomic mass is 10.6. The molecule has 9 nitrogen and oxygen atoms in total. The summed E-state index contributed by atoms with van der Waals surface area (Å²) in [6, 6.07) is 0. The van der Waals surface area contributed by atoms with E-state index in [9.17, 15) is 4.79 Å². The maximum absolute atomic E-state index is 10.6. The zero-order valence-electron chi connectivity index (χ0n) is 9.06. The second kappa shape index (κ2) is 5.07. The number of nitrogen functional groups attached to an aromatic ring is 1. The summed E-state index contributed by atoms with van der Waals surface area (Å²) in [6.45, 7) is -0.0547. The Bertz CT molecular complexity index is 379. The number of nitrogens with one attached hydrogen (secondary N) is 2. The molecule has 0 atom stereocenters. The van der Waals surface area contributed by atoms with Crippen LogP contribution in [-0.2, 0) is 4.79 Å². The molecule has 88 valence electrons. The summed E-state index contributed by atoms with van der Waals surface area (Å²) < 4.78 is 0. The first kappa shape index (κ1) is 11.9. The number of carbonyl (C=O) groups excluding carboxylic acids is 1. The van der Waals surface area contributed by atoms with Crippen molar-refractivity contribution in [2.24, 2.45) is 11.6 Å². The molecule has 1 heterocycles. The Hall–Kier alpha value is -2.16. The number of rotatable bonds is 5. The van der Waals surface area contributed by atoms with Gasteiger partial charge in [-0.3, -0.25) is 10.2 Å². The highest BCUT2D eigenvalue weighted by atomic mass is 16.1. The fraction of sp³-hybridized carbons (Fsp3) is 0.429. The molecule has 0 aliphatic heterocycles. The molecule has 0 unspecified atom stereocenters. The fourth-order valence-electron chi connectivity index (χ4n) is 0.875. The van der Waals surface area contributed by atoms with E-state index in [-0.39, 0.29) is 18.4 Å². The lowest BCUT2D eigenvalue weighted by Gasteiger charge is -2.12. The molecule has 0 spiro atoms. The minimum atomic E-state index is -0.505. The highest BCUT2D eigenvalue weighted by Gasteiger charge is 2.07. The predicted octanol–water partition coefficient (Wildman–Crippen LogP) is -1.88. The van der Waals surface area contributed by atoms with E-state index in [0.717, 1.165) is 0 Å². The molecular weight excluding hydrogens is 212 g/mol. The van der Waals surface area contributed by atoms with Crippen molar-refractivity contribution in [1.82, 2.24) is 15.0 Å². The van der Waals surface area contributed by atoms with Gasteiger partial charge in [0, 0.05) is 14.1 Å². The van der Waals surface area contributed by atoms with Gasteiger partial charge in [-0.15, -0.1) is 0 Å². The Balaban J connectivity index is 2.90. The number of nitrogens with zero attached hydrogens (tertiary/aromatic N) is 4. The molecule has 0 saturated carbocycles. The summed E-state index contributed by atoms with van der Waals surface area (Å²) in [5.41, 5.74) is 7.29. The van der Waals surface area contributed by atoms with E-state index in [1.165, 1.54) is 0 Å². The second-order valence-electron chi connectivity index (χ2n) is 3.14. The Morgan fingerprint density at radius 1 is 1.31 bits per heavy atom. The molecule has 0 aromatic carbocycles. The second-order valence-corrected chi connectivity index (χ2v) is 3.14. The third-order valence-corrected chi connectivity index (χ3v) is 1.57. The van der Waals surface area contributed by atoms with Gasteiger partial charge >= 0.3 is 0 Å². The van der Waals surface area contributed by atoms with E-state index >= 15 is 0 Å². The third kappa shape index (κ3) is 3.20. The average Bonchev–Trinajstić information content (AvgIpc) is 2.25. The monoisotopic (exact) mass is 226 g/mol. The summed E-state index contributed by atoms with van der Waals surface area (Å²) >= 11 is 0. The molecule has 1 aromatic heterocycles. The van der Waals surface area contributed by atoms with Crippen LogP contribution in [-0.4, -0.2) is 41.5 Å². The van der Waals surface area contributed by atoms with Crippen molar-refractivity contribution in [3.05, 3.63) is 0 Å². The number of hydrazine groups is 1. The number of hydrogen-bond donors (Lipinski definition) is 4. The highest BCUT2D eigenvalue weighted by molar-refractivity contribution is 5.78. The predicted molar refractivity (Wildman–Crippen MR) is 59.6 cm³/mol. The zero-order valence-corrected chi connectivity index (χ0v) is 9.06. The van der Waals surface area contributed by atoms with Gasteiger partial charge in [-0.25, -0.2) is 5.84 Å². The van der Waals surface area contributed by atoms with E-state index in [4.69, 9.17) is 11.6 Å². The quantitative estimate of drug-likeness (QED) is 0.338. The van der Waals surface area contributed by atoms with E-state index in [0.29, 0.717) is 5.95 Å². The van der Waals surface area contributed by atoms with E-state index < -0.39 is 5.91 Å². The summed E-state index contributed by atoms with van der Waals surface area (Å²) in [4.78, 5) is 24.2. The smallest absolute Gasteiger partial charge is 0.243 e. The Morgan fingerprint density at radius 2 is 1.94 bits per heavy atom. The zero-order chi connectivity index (χ0) is 12.1. The van der Waals surface area contributed by atoms with Gasteiger partial charge in [0.25, 0.3) is 0 Å². The molecule has 0 radical (unpaired) electrons. The number of nitrogens with two attached hydrogens (primary N) is 2. The maximum atomic E-state index is 10.6. The molecule has 0 aliphatic carbocycles. The fourth-order valence-corrected chi connectivity index (χ4v) is 0.875. The first-order valence-electron chi connectivity index (χ1n) is 4.45. The number of primary amides is 1. The largest absolute Gasteiger partial charge is 0.368 e. The van der Waals surface area contributed by atoms with Crippen molar-refractivity contribution in [3.8, 4) is 0 Å². The van der Waals surface area contributed by atoms with Gasteiger partial charge in [-0.1, -0.05) is 0 Å². The van der Waals surface area contributed by atoms with E-state index in [1.807, 2.05) is 0 Å². The van der Waals surface area contributed by atoms with E-state index in [2.05, 4.69) is 25.7 Å². The summed E-state index contributed by atoms with van der Waals surface area (Å²) in [6.07, 6.45) is 0. The molecule has 0 bridgehead atoms. The summed E-state index contributed by atoms with van der Waals surface area (Å²) in [5, 5.41) is 2.66. The van der Waals surface area contributed by atoms with Crippen molar-refractivity contribution in [2.45, 2.75) is 0 Å². The molecule has 0 fully saturated rings. The van der Waals surface area contributed by atoms with Crippen LogP contribution in [0.4, 0.5) is 17.8 Å². The van der Waals surface area contributed by atoms with Crippen LogP contribution < -0.4 is 27.2 Å². The van der Waals surface area contributed by atoms with Crippen molar-refractivity contribution in [3.63, 3.8) is 0 Å². The van der Waals surface area contributed by atoms with Crippen LogP contribution in [0, 0.1) is 0 Å². The SMILES string of the molecule is CN(C)c1nc(NN)nc(NCC(N)=O)n1. The number of hydrogen-bond acceptors (Lipinski definition) is 8. The Morgan fingerprint density at radius 3 is 2.44 bits per heavy atom. The maximum Gasteiger partial charge on any atom is 0.243 e.